The number of nitrogens with zero attached hydrogens (tertiary/aromatic N) is 3. The molecule has 30 heavy (non-hydrogen) atoms. The van der Waals surface area contributed by atoms with Crippen molar-refractivity contribution in [3.63, 3.8) is 0 Å². The topological polar surface area (TPSA) is 75.9 Å². The zero-order valence-corrected chi connectivity index (χ0v) is 16.9. The molecule has 162 valence electrons. The number of allylic oxidation sites excluding steroid dienone is 1. The summed E-state index contributed by atoms with van der Waals surface area (Å²) in [6, 6.07) is 3.59. The fourth-order valence-electron chi connectivity index (χ4n) is 2.44. The third-order valence-corrected chi connectivity index (χ3v) is 4.11. The van der Waals surface area contributed by atoms with Crippen LogP contribution in [0.25, 0.3) is 16.8 Å². The summed E-state index contributed by atoms with van der Waals surface area (Å²) in [7, 11) is 5.00. The average Bonchev–Trinajstić information content (AvgIpc) is 3.07. The molecular formula is C18H16ClF4N3O4. The van der Waals surface area contributed by atoms with Gasteiger partial charge in [0.05, 0.1) is 23.3 Å². The number of hydrogen-bond acceptors (Lipinski definition) is 6. The van der Waals surface area contributed by atoms with Crippen molar-refractivity contribution in [2.45, 2.75) is 6.18 Å². The van der Waals surface area contributed by atoms with Gasteiger partial charge in [-0.15, -0.1) is 0 Å². The highest BCUT2D eigenvalue weighted by Gasteiger charge is 2.44. The highest BCUT2D eigenvalue weighted by Crippen LogP contribution is 2.38. The number of ketones is 1. The van der Waals surface area contributed by atoms with Crippen molar-refractivity contribution in [3.8, 4) is 11.3 Å². The lowest BCUT2D eigenvalue weighted by Crippen LogP contribution is -2.29. The molecule has 0 N–H and O–H groups in total. The second kappa shape index (κ2) is 8.84. The molecule has 0 saturated heterocycles. The summed E-state index contributed by atoms with van der Waals surface area (Å²) in [5.41, 5.74) is -2.50. The van der Waals surface area contributed by atoms with Gasteiger partial charge in [-0.25, -0.2) is 9.45 Å². The van der Waals surface area contributed by atoms with Crippen molar-refractivity contribution in [1.82, 2.24) is 15.1 Å². The molecule has 0 spiro atoms. The normalized spacial score (nSPS) is 12.1. The van der Waals surface area contributed by atoms with Crippen LogP contribution in [0.3, 0.4) is 0 Å². The van der Waals surface area contributed by atoms with Gasteiger partial charge >= 0.3 is 6.18 Å². The number of hydrogen-bond donors (Lipinski definition) is 0. The van der Waals surface area contributed by atoms with Gasteiger partial charge in [-0.05, 0) is 12.1 Å². The second-order valence-electron chi connectivity index (χ2n) is 6.15. The van der Waals surface area contributed by atoms with E-state index in [0.29, 0.717) is 5.06 Å². The number of hydroxylamine groups is 2. The van der Waals surface area contributed by atoms with Gasteiger partial charge in [0.15, 0.2) is 5.76 Å². The maximum Gasteiger partial charge on any atom is 0.455 e. The maximum atomic E-state index is 14.4. The molecule has 0 atom stereocenters. The first-order chi connectivity index (χ1) is 13.9. The molecular weight excluding hydrogens is 434 g/mol. The van der Waals surface area contributed by atoms with Crippen LogP contribution in [0.5, 0.6) is 0 Å². The fourth-order valence-corrected chi connectivity index (χ4v) is 2.69. The summed E-state index contributed by atoms with van der Waals surface area (Å²) in [5.74, 6) is -5.04. The van der Waals surface area contributed by atoms with Gasteiger partial charge in [-0.1, -0.05) is 22.8 Å². The molecule has 12 heteroatoms. The van der Waals surface area contributed by atoms with Crippen LogP contribution >= 0.6 is 11.6 Å². The third-order valence-electron chi connectivity index (χ3n) is 3.80. The molecule has 0 unspecified atom stereocenters. The molecule has 0 aliphatic carbocycles. The minimum absolute atomic E-state index is 0.177. The van der Waals surface area contributed by atoms with Crippen LogP contribution in [-0.4, -0.2) is 61.2 Å². The van der Waals surface area contributed by atoms with Crippen molar-refractivity contribution in [2.75, 3.05) is 28.3 Å². The second-order valence-corrected chi connectivity index (χ2v) is 6.56. The quantitative estimate of drug-likeness (QED) is 0.379. The lowest BCUT2D eigenvalue weighted by molar-refractivity contribution is -0.164. The van der Waals surface area contributed by atoms with Crippen LogP contribution in [0.15, 0.2) is 28.9 Å². The number of Topliss-reactive ketones (excluding diaryl/α,β-unsaturated/α-hetero) is 1. The van der Waals surface area contributed by atoms with Gasteiger partial charge in [0, 0.05) is 27.3 Å². The van der Waals surface area contributed by atoms with Crippen LogP contribution < -0.4 is 0 Å². The fraction of sp³-hybridized carbons (Fsp3) is 0.278. The Balaban J connectivity index is 2.88. The monoisotopic (exact) mass is 449 g/mol. The Morgan fingerprint density at radius 3 is 2.37 bits per heavy atom. The molecule has 0 aliphatic rings. The number of aromatic nitrogens is 1. The molecule has 1 heterocycles. The lowest BCUT2D eigenvalue weighted by Gasteiger charge is -2.16. The van der Waals surface area contributed by atoms with E-state index >= 15 is 0 Å². The van der Waals surface area contributed by atoms with E-state index in [9.17, 15) is 27.2 Å². The highest BCUT2D eigenvalue weighted by atomic mass is 35.5. The Hall–Kier alpha value is -2.92. The first kappa shape index (κ1) is 23.4. The zero-order chi connectivity index (χ0) is 22.8. The van der Waals surface area contributed by atoms with Crippen molar-refractivity contribution in [1.29, 1.82) is 0 Å². The molecule has 1 aromatic carbocycles. The first-order valence-electron chi connectivity index (χ1n) is 8.16. The number of halogens is 5. The Morgan fingerprint density at radius 1 is 1.23 bits per heavy atom. The van der Waals surface area contributed by atoms with Crippen molar-refractivity contribution < 1.29 is 36.5 Å². The standard InChI is InChI=1S/C18H16ClF4N3O4/c1-25(2)8-9(16(27)18(21,22)23)15-13(17(28)26(3)29-4)14(24-30-15)12-10(19)6-5-7-11(12)20/h5-8H,1-4H3/b9-8+. The Bertz CT molecular complexity index is 982. The van der Waals surface area contributed by atoms with E-state index in [1.165, 1.54) is 26.2 Å². The summed E-state index contributed by atoms with van der Waals surface area (Å²) >= 11 is 6.01. The van der Waals surface area contributed by atoms with Gasteiger partial charge in [-0.3, -0.25) is 14.4 Å². The minimum Gasteiger partial charge on any atom is -0.383 e. The smallest absolute Gasteiger partial charge is 0.383 e. The van der Waals surface area contributed by atoms with E-state index in [2.05, 4.69) is 5.16 Å². The number of alkyl halides is 3. The van der Waals surface area contributed by atoms with Gasteiger partial charge in [0.25, 0.3) is 11.7 Å². The molecule has 1 aromatic heterocycles. The zero-order valence-electron chi connectivity index (χ0n) is 16.2. The lowest BCUT2D eigenvalue weighted by atomic mass is 9.99. The van der Waals surface area contributed by atoms with Crippen LogP contribution in [-0.2, 0) is 9.63 Å². The van der Waals surface area contributed by atoms with Crippen LogP contribution in [0.4, 0.5) is 17.6 Å². The van der Waals surface area contributed by atoms with Crippen molar-refractivity contribution in [3.05, 3.63) is 46.6 Å². The van der Waals surface area contributed by atoms with Crippen LogP contribution in [0, 0.1) is 5.82 Å². The van der Waals surface area contributed by atoms with E-state index in [0.717, 1.165) is 31.3 Å². The number of amides is 1. The van der Waals surface area contributed by atoms with Gasteiger partial charge in [0.2, 0.25) is 0 Å². The molecule has 0 aliphatic heterocycles. The highest BCUT2D eigenvalue weighted by molar-refractivity contribution is 6.33. The van der Waals surface area contributed by atoms with Crippen molar-refractivity contribution >= 4 is 28.9 Å². The number of carbonyl (C=O) groups is 2. The van der Waals surface area contributed by atoms with E-state index in [4.69, 9.17) is 21.0 Å². The SMILES string of the molecule is CON(C)C(=O)c1c(-c2c(F)cccc2Cl)noc1/C(=C\N(C)C)C(=O)C(F)(F)F. The summed E-state index contributed by atoms with van der Waals surface area (Å²) in [5, 5.41) is 4.03. The minimum atomic E-state index is -5.28. The predicted molar refractivity (Wildman–Crippen MR) is 98.7 cm³/mol. The van der Waals surface area contributed by atoms with E-state index in [1.54, 1.807) is 0 Å². The predicted octanol–water partition coefficient (Wildman–Crippen LogP) is 3.80. The summed E-state index contributed by atoms with van der Waals surface area (Å²) in [6.45, 7) is 0. The van der Waals surface area contributed by atoms with Gasteiger partial charge in [0.1, 0.15) is 17.1 Å². The molecule has 0 radical (unpaired) electrons. The summed E-state index contributed by atoms with van der Waals surface area (Å²) in [6.07, 6.45) is -4.47. The molecule has 0 fully saturated rings. The molecule has 0 saturated carbocycles. The average molecular weight is 450 g/mol. The Morgan fingerprint density at radius 2 is 1.87 bits per heavy atom. The van der Waals surface area contributed by atoms with Crippen LogP contribution in [0.1, 0.15) is 16.1 Å². The molecule has 1 amide bonds. The van der Waals surface area contributed by atoms with E-state index in [1.807, 2.05) is 0 Å². The molecule has 0 bridgehead atoms. The number of carbonyl (C=O) groups excluding carboxylic acids is 2. The van der Waals surface area contributed by atoms with Gasteiger partial charge in [-0.2, -0.15) is 13.2 Å². The number of rotatable bonds is 6. The largest absolute Gasteiger partial charge is 0.455 e. The molecule has 7 nitrogen and oxygen atoms in total. The Labute approximate surface area is 173 Å². The summed E-state index contributed by atoms with van der Waals surface area (Å²) in [4.78, 5) is 30.8. The van der Waals surface area contributed by atoms with Crippen LogP contribution in [0.2, 0.25) is 5.02 Å². The van der Waals surface area contributed by atoms with E-state index < -0.39 is 46.3 Å². The molecule has 2 aromatic rings. The third kappa shape index (κ3) is 4.62. The first-order valence-corrected chi connectivity index (χ1v) is 8.54. The van der Waals surface area contributed by atoms with Crippen molar-refractivity contribution in [2.24, 2.45) is 0 Å². The maximum absolute atomic E-state index is 14.4. The number of benzene rings is 1. The van der Waals surface area contributed by atoms with E-state index in [-0.39, 0.29) is 10.6 Å². The molecule has 2 rings (SSSR count). The Kier molecular flexibility index (Phi) is 6.88. The van der Waals surface area contributed by atoms with Gasteiger partial charge < -0.3 is 9.42 Å². The summed E-state index contributed by atoms with van der Waals surface area (Å²) < 4.78 is 58.9.